The lowest BCUT2D eigenvalue weighted by molar-refractivity contribution is -0.219. The fourth-order valence-corrected chi connectivity index (χ4v) is 6.12. The Balaban J connectivity index is 1.51. The number of aliphatic hydroxyl groups is 2. The van der Waals surface area contributed by atoms with Gasteiger partial charge >= 0.3 is 5.79 Å². The first-order chi connectivity index (χ1) is 20.8. The number of phenolic OH excluding ortho intramolecular Hbond substituents is 8. The Morgan fingerprint density at radius 2 is 1.23 bits per heavy atom. The third-order valence-corrected chi connectivity index (χ3v) is 7.99. The van der Waals surface area contributed by atoms with Gasteiger partial charge in [0.25, 0.3) is 0 Å². The van der Waals surface area contributed by atoms with E-state index in [0.29, 0.717) is 0 Å². The molecule has 0 amide bonds. The molecule has 3 unspecified atom stereocenters. The molecule has 4 aromatic carbocycles. The molecule has 0 fully saturated rings. The van der Waals surface area contributed by atoms with Crippen LogP contribution in [0.25, 0.3) is 0 Å². The predicted molar refractivity (Wildman–Crippen MR) is 144 cm³/mol. The molecule has 0 radical (unpaired) electrons. The molecule has 3 heterocycles. The smallest absolute Gasteiger partial charge is 0.305 e. The van der Waals surface area contributed by atoms with Crippen molar-refractivity contribution in [3.05, 3.63) is 76.3 Å². The van der Waals surface area contributed by atoms with Crippen LogP contribution in [-0.2, 0) is 5.79 Å². The molecule has 2 bridgehead atoms. The van der Waals surface area contributed by atoms with Crippen LogP contribution in [0.3, 0.4) is 0 Å². The van der Waals surface area contributed by atoms with Crippen LogP contribution in [0.2, 0.25) is 0 Å². The highest BCUT2D eigenvalue weighted by molar-refractivity contribution is 6.06. The highest BCUT2D eigenvalue weighted by atomic mass is 16.7. The van der Waals surface area contributed by atoms with E-state index in [1.807, 2.05) is 0 Å². The molecule has 5 atom stereocenters. The lowest BCUT2D eigenvalue weighted by Crippen LogP contribution is -2.57. The Bertz CT molecular complexity index is 1880. The van der Waals surface area contributed by atoms with Crippen LogP contribution in [0.4, 0.5) is 0 Å². The highest BCUT2D eigenvalue weighted by Crippen LogP contribution is 2.62. The van der Waals surface area contributed by atoms with E-state index in [4.69, 9.17) is 14.2 Å². The van der Waals surface area contributed by atoms with Gasteiger partial charge in [0, 0.05) is 46.5 Å². The number of Topliss-reactive ketones (excluding diaryl/α,β-unsaturated/α-hetero) is 1. The lowest BCUT2D eigenvalue weighted by Gasteiger charge is -2.50. The minimum Gasteiger partial charge on any atom is -0.508 e. The van der Waals surface area contributed by atoms with Crippen LogP contribution in [0.1, 0.15) is 44.6 Å². The summed E-state index contributed by atoms with van der Waals surface area (Å²) < 4.78 is 18.2. The van der Waals surface area contributed by atoms with Crippen molar-refractivity contribution in [1.29, 1.82) is 0 Å². The summed E-state index contributed by atoms with van der Waals surface area (Å²) in [5.41, 5.74) is -0.961. The second-order valence-electron chi connectivity index (χ2n) is 10.7. The molecule has 3 aliphatic heterocycles. The maximum absolute atomic E-state index is 13.5. The Morgan fingerprint density at radius 3 is 1.86 bits per heavy atom. The number of ether oxygens (including phenoxy) is 3. The Morgan fingerprint density at radius 1 is 0.636 bits per heavy atom. The Labute approximate surface area is 245 Å². The summed E-state index contributed by atoms with van der Waals surface area (Å²) in [4.78, 5) is 13.5. The summed E-state index contributed by atoms with van der Waals surface area (Å²) in [6.07, 6.45) is -5.33. The van der Waals surface area contributed by atoms with Crippen LogP contribution in [0.15, 0.2) is 48.5 Å². The Hall–Kier alpha value is -5.73. The summed E-state index contributed by atoms with van der Waals surface area (Å²) in [7, 11) is 0. The number of benzene rings is 4. The predicted octanol–water partition coefficient (Wildman–Crippen LogP) is 2.14. The quantitative estimate of drug-likeness (QED) is 0.147. The molecular formula is C30H22O14. The summed E-state index contributed by atoms with van der Waals surface area (Å²) in [5, 5.41) is 105. The molecule has 3 aliphatic rings. The van der Waals surface area contributed by atoms with Crippen molar-refractivity contribution in [3.63, 3.8) is 0 Å². The average molecular weight is 606 g/mol. The van der Waals surface area contributed by atoms with Gasteiger partial charge in [0.2, 0.25) is 5.78 Å². The third-order valence-electron chi connectivity index (χ3n) is 7.99. The summed E-state index contributed by atoms with van der Waals surface area (Å²) in [5.74, 6) is -10.7. The van der Waals surface area contributed by atoms with Crippen LogP contribution >= 0.6 is 0 Å². The number of hydrogen-bond acceptors (Lipinski definition) is 14. The van der Waals surface area contributed by atoms with Crippen molar-refractivity contribution in [3.8, 4) is 63.2 Å². The van der Waals surface area contributed by atoms with Crippen molar-refractivity contribution in [2.45, 2.75) is 30.0 Å². The molecule has 14 heteroatoms. The van der Waals surface area contributed by atoms with Crippen LogP contribution in [0.5, 0.6) is 63.2 Å². The molecule has 226 valence electrons. The number of aliphatic hydroxyl groups excluding tert-OH is 2. The molecule has 7 rings (SSSR count). The topological polar surface area (TPSA) is 247 Å². The van der Waals surface area contributed by atoms with Crippen molar-refractivity contribution >= 4 is 5.78 Å². The van der Waals surface area contributed by atoms with E-state index in [9.17, 15) is 55.9 Å². The summed E-state index contributed by atoms with van der Waals surface area (Å²) in [6, 6.07) is 8.22. The van der Waals surface area contributed by atoms with Crippen molar-refractivity contribution in [2.75, 3.05) is 0 Å². The largest absolute Gasteiger partial charge is 0.508 e. The fourth-order valence-electron chi connectivity index (χ4n) is 6.12. The first-order valence-corrected chi connectivity index (χ1v) is 13.0. The molecular weight excluding hydrogens is 584 g/mol. The van der Waals surface area contributed by atoms with Gasteiger partial charge in [-0.2, -0.15) is 0 Å². The lowest BCUT2D eigenvalue weighted by atomic mass is 9.74. The van der Waals surface area contributed by atoms with Crippen molar-refractivity contribution in [1.82, 2.24) is 0 Å². The first kappa shape index (κ1) is 27.1. The standard InChI is InChI=1S/C30H22O14/c31-11-1-9(2-12(32)5-11)27-26(40)25(39)21-15(35)8-19-22(28(21)42-27)23-20-14(34)6-13(33)7-18(20)43-30(44-19,29(23)41)10-3-16(36)24(38)17(37)4-10/h1-8,23,26-27,29,31-38,40-41H/t23-,26?,27?,29?,30+/m0/s1. The highest BCUT2D eigenvalue weighted by Gasteiger charge is 2.60. The second kappa shape index (κ2) is 8.89. The van der Waals surface area contributed by atoms with E-state index in [1.54, 1.807) is 0 Å². The molecule has 10 N–H and O–H groups in total. The van der Waals surface area contributed by atoms with E-state index in [0.717, 1.165) is 48.5 Å². The molecule has 14 nitrogen and oxygen atoms in total. The zero-order valence-electron chi connectivity index (χ0n) is 22.0. The van der Waals surface area contributed by atoms with Gasteiger partial charge in [0.1, 0.15) is 57.7 Å². The van der Waals surface area contributed by atoms with E-state index < -0.39 is 87.4 Å². The zero-order valence-corrected chi connectivity index (χ0v) is 22.0. The maximum Gasteiger partial charge on any atom is 0.305 e. The molecule has 0 saturated heterocycles. The number of carbonyl (C=O) groups is 1. The fraction of sp³-hybridized carbons (Fsp3) is 0.167. The van der Waals surface area contributed by atoms with Crippen LogP contribution in [0, 0.1) is 0 Å². The summed E-state index contributed by atoms with van der Waals surface area (Å²) >= 11 is 0. The number of hydrogen-bond donors (Lipinski definition) is 10. The average Bonchev–Trinajstić information content (AvgIpc) is 2.93. The molecule has 0 saturated carbocycles. The maximum atomic E-state index is 13.5. The van der Waals surface area contributed by atoms with E-state index in [2.05, 4.69) is 0 Å². The normalized spacial score (nSPS) is 24.6. The summed E-state index contributed by atoms with van der Waals surface area (Å²) in [6.45, 7) is 0. The number of aromatic hydroxyl groups is 8. The SMILES string of the molecule is O=C1c2c(O)cc3c(c2OC(c2cc(O)cc(O)c2)C1O)[C@@H]1c2c(O)cc(O)cc2O[C@](c2cc(O)c(O)c(O)c2)(O3)C1O. The minimum atomic E-state index is -2.36. The van der Waals surface area contributed by atoms with Gasteiger partial charge in [0.05, 0.1) is 5.92 Å². The van der Waals surface area contributed by atoms with Gasteiger partial charge in [0.15, 0.2) is 29.5 Å². The van der Waals surface area contributed by atoms with E-state index in [1.165, 1.54) is 0 Å². The first-order valence-electron chi connectivity index (χ1n) is 13.0. The second-order valence-corrected chi connectivity index (χ2v) is 10.7. The van der Waals surface area contributed by atoms with Crippen molar-refractivity contribution < 1.29 is 70.1 Å². The number of phenols is 8. The zero-order chi connectivity index (χ0) is 31.4. The number of rotatable bonds is 2. The number of carbonyl (C=O) groups excluding carboxylic acids is 1. The molecule has 4 aromatic rings. The number of fused-ring (bicyclic) bond motifs is 8. The van der Waals surface area contributed by atoms with Crippen molar-refractivity contribution in [2.24, 2.45) is 0 Å². The number of ketones is 1. The van der Waals surface area contributed by atoms with Gasteiger partial charge in [-0.05, 0) is 24.3 Å². The van der Waals surface area contributed by atoms with Crippen LogP contribution < -0.4 is 14.2 Å². The van der Waals surface area contributed by atoms with E-state index in [-0.39, 0.29) is 39.5 Å². The monoisotopic (exact) mass is 606 g/mol. The van der Waals surface area contributed by atoms with Crippen LogP contribution in [-0.4, -0.2) is 69.1 Å². The van der Waals surface area contributed by atoms with Gasteiger partial charge in [-0.3, -0.25) is 4.79 Å². The van der Waals surface area contributed by atoms with E-state index >= 15 is 0 Å². The van der Waals surface area contributed by atoms with Gasteiger partial charge in [-0.1, -0.05) is 0 Å². The van der Waals surface area contributed by atoms with Gasteiger partial charge < -0.3 is 65.3 Å². The minimum absolute atomic E-state index is 0.0205. The van der Waals surface area contributed by atoms with Gasteiger partial charge in [-0.15, -0.1) is 0 Å². The molecule has 0 aromatic heterocycles. The third kappa shape index (κ3) is 3.58. The Kier molecular flexibility index (Phi) is 5.48. The molecule has 44 heavy (non-hydrogen) atoms. The molecule has 0 aliphatic carbocycles. The van der Waals surface area contributed by atoms with Gasteiger partial charge in [-0.25, -0.2) is 0 Å². The molecule has 0 spiro atoms.